The van der Waals surface area contributed by atoms with Gasteiger partial charge in [-0.2, -0.15) is 0 Å². The van der Waals surface area contributed by atoms with Crippen LogP contribution < -0.4 is 0 Å². The van der Waals surface area contributed by atoms with Crippen LogP contribution in [0.25, 0.3) is 0 Å². The van der Waals surface area contributed by atoms with Gasteiger partial charge in [0.25, 0.3) is 0 Å². The minimum atomic E-state index is -0.417. The molecule has 0 aliphatic carbocycles. The van der Waals surface area contributed by atoms with E-state index in [4.69, 9.17) is 0 Å². The van der Waals surface area contributed by atoms with Gasteiger partial charge in [-0.3, -0.25) is 11.2 Å². The average molecular weight is 205 g/mol. The van der Waals surface area contributed by atoms with E-state index in [1.807, 2.05) is 0 Å². The number of hydrogen-bond acceptors (Lipinski definition) is 3. The number of Topliss-reactive ketones (excluding diaryl/α,β-unsaturated/α-hetero) is 3. The van der Waals surface area contributed by atoms with Gasteiger partial charge in [-0.15, -0.1) is 0 Å². The summed E-state index contributed by atoms with van der Waals surface area (Å²) in [7, 11) is 0. The number of ketones is 3. The Bertz CT molecular complexity index is 157. The molecule has 66 valence electrons. The van der Waals surface area contributed by atoms with Crippen LogP contribution in [0.2, 0.25) is 0 Å². The second-order valence-corrected chi connectivity index (χ2v) is 2.10. The predicted octanol–water partition coefficient (Wildman–Crippen LogP) is 0.325. The summed E-state index contributed by atoms with van der Waals surface area (Å²) < 4.78 is 0. The van der Waals surface area contributed by atoms with E-state index >= 15 is 0 Å². The Hall–Kier alpha value is -0.601. The summed E-state index contributed by atoms with van der Waals surface area (Å²) >= 11 is 0. The van der Waals surface area contributed by atoms with E-state index in [2.05, 4.69) is 0 Å². The van der Waals surface area contributed by atoms with Crippen molar-refractivity contribution >= 4 is 17.3 Å². The number of carbonyl (C=O) groups is 3. The quantitative estimate of drug-likeness (QED) is 0.377. The summed E-state index contributed by atoms with van der Waals surface area (Å²) in [5.41, 5.74) is 0. The second-order valence-electron chi connectivity index (χ2n) is 2.10. The van der Waals surface area contributed by atoms with Gasteiger partial charge in [-0.05, 0) is 13.8 Å². The molecule has 0 fully saturated rings. The molecule has 0 amide bonds. The molecule has 4 heteroatoms. The molecule has 0 spiro atoms. The smallest absolute Gasteiger partial charge is 0.334 e. The van der Waals surface area contributed by atoms with Crippen LogP contribution in [0, 0.1) is 6.42 Å². The molecular weight excluding hydrogens is 196 g/mol. The van der Waals surface area contributed by atoms with Crippen molar-refractivity contribution in [2.75, 3.05) is 0 Å². The van der Waals surface area contributed by atoms with Crippen LogP contribution in [-0.4, -0.2) is 17.3 Å². The standard InChI is InChI=1S/C7H9O3.Cu/c1-5(8)3-7(10)4-6(2)9;/h3H,4H2,1-2H3;/q-1;+1. The fourth-order valence-corrected chi connectivity index (χ4v) is 0.523. The fraction of sp³-hybridized carbons (Fsp3) is 0.429. The van der Waals surface area contributed by atoms with Crippen molar-refractivity contribution < 1.29 is 31.5 Å². The first-order chi connectivity index (χ1) is 4.52. The molecule has 0 aromatic heterocycles. The molecule has 0 rings (SSSR count). The average Bonchev–Trinajstić information content (AvgIpc) is 1.58. The van der Waals surface area contributed by atoms with E-state index in [9.17, 15) is 14.4 Å². The first-order valence-corrected chi connectivity index (χ1v) is 2.90. The van der Waals surface area contributed by atoms with Crippen molar-refractivity contribution in [1.29, 1.82) is 0 Å². The third kappa shape index (κ3) is 9.40. The number of carbonyl (C=O) groups excluding carboxylic acids is 3. The van der Waals surface area contributed by atoms with E-state index in [-0.39, 0.29) is 35.1 Å². The molecule has 0 bridgehead atoms. The minimum absolute atomic E-state index is 0. The van der Waals surface area contributed by atoms with Crippen molar-refractivity contribution in [2.24, 2.45) is 0 Å². The van der Waals surface area contributed by atoms with Gasteiger partial charge in [0.2, 0.25) is 0 Å². The maximum absolute atomic E-state index is 10.6. The van der Waals surface area contributed by atoms with Crippen LogP contribution in [0.1, 0.15) is 20.3 Å². The molecule has 0 aliphatic rings. The Kier molecular flexibility index (Phi) is 7.26. The largest absolute Gasteiger partial charge is 1.00 e. The van der Waals surface area contributed by atoms with E-state index < -0.39 is 5.78 Å². The van der Waals surface area contributed by atoms with Gasteiger partial charge in [0, 0.05) is 18.0 Å². The molecule has 0 saturated heterocycles. The Morgan fingerprint density at radius 1 is 1.18 bits per heavy atom. The van der Waals surface area contributed by atoms with Crippen molar-refractivity contribution in [3.63, 3.8) is 0 Å². The van der Waals surface area contributed by atoms with E-state index in [1.165, 1.54) is 13.8 Å². The Labute approximate surface area is 76.0 Å². The monoisotopic (exact) mass is 204 g/mol. The van der Waals surface area contributed by atoms with Crippen LogP contribution in [0.15, 0.2) is 0 Å². The first-order valence-electron chi connectivity index (χ1n) is 2.90. The van der Waals surface area contributed by atoms with Crippen molar-refractivity contribution in [3.8, 4) is 0 Å². The second kappa shape index (κ2) is 6.13. The third-order valence-corrected chi connectivity index (χ3v) is 0.787. The van der Waals surface area contributed by atoms with Crippen LogP contribution >= 0.6 is 0 Å². The van der Waals surface area contributed by atoms with Gasteiger partial charge in [-0.25, -0.2) is 0 Å². The van der Waals surface area contributed by atoms with E-state index in [0.29, 0.717) is 0 Å². The zero-order valence-corrected chi connectivity index (χ0v) is 7.25. The van der Waals surface area contributed by atoms with Gasteiger partial charge in [0.05, 0.1) is 0 Å². The zero-order chi connectivity index (χ0) is 8.15. The summed E-state index contributed by atoms with van der Waals surface area (Å²) in [6, 6.07) is 0. The normalized spacial score (nSPS) is 7.82. The van der Waals surface area contributed by atoms with Crippen LogP contribution in [0.5, 0.6) is 0 Å². The minimum Gasteiger partial charge on any atom is -0.334 e. The SMILES string of the molecule is CC(=O)[CH-]C(=O)CC(C)=O.[Cu+]. The summed E-state index contributed by atoms with van der Waals surface area (Å²) in [6.45, 7) is 2.59. The van der Waals surface area contributed by atoms with E-state index in [0.717, 1.165) is 6.42 Å². The topological polar surface area (TPSA) is 51.2 Å². The summed E-state index contributed by atoms with van der Waals surface area (Å²) in [5.74, 6) is -0.950. The van der Waals surface area contributed by atoms with Crippen molar-refractivity contribution in [2.45, 2.75) is 20.3 Å². The predicted molar refractivity (Wildman–Crippen MR) is 35.3 cm³/mol. The molecule has 0 atom stereocenters. The van der Waals surface area contributed by atoms with Crippen molar-refractivity contribution in [3.05, 3.63) is 6.42 Å². The molecular formula is C7H9CuO3. The van der Waals surface area contributed by atoms with Gasteiger partial charge in [0.15, 0.2) is 0 Å². The van der Waals surface area contributed by atoms with E-state index in [1.54, 1.807) is 0 Å². The maximum atomic E-state index is 10.6. The Morgan fingerprint density at radius 3 is 1.91 bits per heavy atom. The molecule has 0 radical (unpaired) electrons. The molecule has 0 saturated carbocycles. The van der Waals surface area contributed by atoms with Gasteiger partial charge < -0.3 is 9.59 Å². The molecule has 0 aliphatic heterocycles. The summed E-state index contributed by atoms with van der Waals surface area (Å²) in [4.78, 5) is 31.1. The zero-order valence-electron chi connectivity index (χ0n) is 6.31. The molecule has 0 unspecified atom stereocenters. The Balaban J connectivity index is 0. The molecule has 11 heavy (non-hydrogen) atoms. The van der Waals surface area contributed by atoms with Crippen LogP contribution in [0.4, 0.5) is 0 Å². The molecule has 0 aromatic carbocycles. The van der Waals surface area contributed by atoms with Gasteiger partial charge in [0.1, 0.15) is 5.78 Å². The third-order valence-electron chi connectivity index (χ3n) is 0.787. The molecule has 0 aromatic rings. The molecule has 0 heterocycles. The van der Waals surface area contributed by atoms with Gasteiger partial charge >= 0.3 is 17.1 Å². The number of rotatable bonds is 4. The maximum Gasteiger partial charge on any atom is 1.00 e. The van der Waals surface area contributed by atoms with Gasteiger partial charge in [-0.1, -0.05) is 0 Å². The fourth-order valence-electron chi connectivity index (χ4n) is 0.523. The molecule has 0 N–H and O–H groups in total. The summed E-state index contributed by atoms with van der Waals surface area (Å²) in [5, 5.41) is 0. The number of hydrogen-bond donors (Lipinski definition) is 0. The Morgan fingerprint density at radius 2 is 1.64 bits per heavy atom. The van der Waals surface area contributed by atoms with Crippen molar-refractivity contribution in [1.82, 2.24) is 0 Å². The first kappa shape index (κ1) is 13.0. The van der Waals surface area contributed by atoms with Crippen LogP contribution in [0.3, 0.4) is 0 Å². The molecule has 3 nitrogen and oxygen atoms in total. The van der Waals surface area contributed by atoms with Crippen LogP contribution in [-0.2, 0) is 31.5 Å². The summed E-state index contributed by atoms with van der Waals surface area (Å²) in [6.07, 6.45) is 0.765.